The van der Waals surface area contributed by atoms with Crippen LogP contribution in [0.3, 0.4) is 0 Å². The molecule has 0 aliphatic rings. The molecule has 1 aromatic carbocycles. The summed E-state index contributed by atoms with van der Waals surface area (Å²) in [7, 11) is 0. The van der Waals surface area contributed by atoms with Crippen molar-refractivity contribution in [1.82, 2.24) is 9.78 Å². The highest BCUT2D eigenvalue weighted by Gasteiger charge is 2.02. The van der Waals surface area contributed by atoms with Crippen LogP contribution in [0.2, 0.25) is 0 Å². The third-order valence-electron chi connectivity index (χ3n) is 2.83. The summed E-state index contributed by atoms with van der Waals surface area (Å²) in [5.41, 5.74) is 3.33. The SMILES string of the molecule is CCCn1cc(-c2ccc(CC(C)=O)cc2)cn1. The molecule has 1 aromatic heterocycles. The second-order valence-corrected chi connectivity index (χ2v) is 4.57. The molecule has 2 aromatic rings. The molecule has 0 fully saturated rings. The predicted molar refractivity (Wildman–Crippen MR) is 72.3 cm³/mol. The van der Waals surface area contributed by atoms with E-state index in [1.54, 1.807) is 6.92 Å². The van der Waals surface area contributed by atoms with Crippen molar-refractivity contribution < 1.29 is 4.79 Å². The molecule has 18 heavy (non-hydrogen) atoms. The molecular weight excluding hydrogens is 224 g/mol. The van der Waals surface area contributed by atoms with Crippen molar-refractivity contribution in [3.05, 3.63) is 42.2 Å². The average molecular weight is 242 g/mol. The van der Waals surface area contributed by atoms with E-state index in [-0.39, 0.29) is 5.78 Å². The van der Waals surface area contributed by atoms with Crippen molar-refractivity contribution in [2.75, 3.05) is 0 Å². The summed E-state index contributed by atoms with van der Waals surface area (Å²) in [6.07, 6.45) is 5.53. The summed E-state index contributed by atoms with van der Waals surface area (Å²) < 4.78 is 1.96. The molecule has 3 heteroatoms. The lowest BCUT2D eigenvalue weighted by atomic mass is 10.0. The van der Waals surface area contributed by atoms with Gasteiger partial charge < -0.3 is 0 Å². The van der Waals surface area contributed by atoms with Gasteiger partial charge in [0.25, 0.3) is 0 Å². The number of Topliss-reactive ketones (excluding diaryl/α,β-unsaturated/α-hetero) is 1. The van der Waals surface area contributed by atoms with E-state index in [1.807, 2.05) is 35.1 Å². The fraction of sp³-hybridized carbons (Fsp3) is 0.333. The van der Waals surface area contributed by atoms with Gasteiger partial charge in [-0.15, -0.1) is 0 Å². The zero-order valence-electron chi connectivity index (χ0n) is 10.9. The highest BCUT2D eigenvalue weighted by Crippen LogP contribution is 2.19. The standard InChI is InChI=1S/C15H18N2O/c1-3-8-17-11-15(10-16-17)14-6-4-13(5-7-14)9-12(2)18/h4-7,10-11H,3,8-9H2,1-2H3. The maximum absolute atomic E-state index is 11.0. The van der Waals surface area contributed by atoms with Crippen molar-refractivity contribution in [2.45, 2.75) is 33.2 Å². The zero-order chi connectivity index (χ0) is 13.0. The Morgan fingerprint density at radius 1 is 1.22 bits per heavy atom. The quantitative estimate of drug-likeness (QED) is 0.807. The van der Waals surface area contributed by atoms with E-state index in [1.165, 1.54) is 0 Å². The first-order valence-corrected chi connectivity index (χ1v) is 6.30. The molecule has 94 valence electrons. The zero-order valence-corrected chi connectivity index (χ0v) is 10.9. The number of hydrogen-bond donors (Lipinski definition) is 0. The Balaban J connectivity index is 2.15. The normalized spacial score (nSPS) is 10.6. The summed E-state index contributed by atoms with van der Waals surface area (Å²) in [5.74, 6) is 0.193. The van der Waals surface area contributed by atoms with Crippen LogP contribution in [0.25, 0.3) is 11.1 Å². The minimum atomic E-state index is 0.193. The summed E-state index contributed by atoms with van der Waals surface area (Å²) in [6, 6.07) is 8.11. The fourth-order valence-electron chi connectivity index (χ4n) is 1.97. The number of benzene rings is 1. The first kappa shape index (κ1) is 12.6. The number of aryl methyl sites for hydroxylation is 1. The van der Waals surface area contributed by atoms with Gasteiger partial charge in [0.1, 0.15) is 5.78 Å². The molecular formula is C15H18N2O. The minimum Gasteiger partial charge on any atom is -0.300 e. The third-order valence-corrected chi connectivity index (χ3v) is 2.83. The van der Waals surface area contributed by atoms with Crippen LogP contribution in [0, 0.1) is 0 Å². The summed E-state index contributed by atoms with van der Waals surface area (Å²) >= 11 is 0. The lowest BCUT2D eigenvalue weighted by Gasteiger charge is -2.00. The maximum atomic E-state index is 11.0. The molecule has 0 unspecified atom stereocenters. The number of hydrogen-bond acceptors (Lipinski definition) is 2. The van der Waals surface area contributed by atoms with E-state index in [0.29, 0.717) is 6.42 Å². The lowest BCUT2D eigenvalue weighted by Crippen LogP contribution is -1.96. The Bertz CT molecular complexity index is 526. The van der Waals surface area contributed by atoms with Gasteiger partial charge in [0.15, 0.2) is 0 Å². The molecule has 0 aliphatic carbocycles. The number of aromatic nitrogens is 2. The largest absolute Gasteiger partial charge is 0.300 e. The van der Waals surface area contributed by atoms with Crippen LogP contribution in [0.5, 0.6) is 0 Å². The molecule has 0 radical (unpaired) electrons. The van der Waals surface area contributed by atoms with Crippen LogP contribution in [0.15, 0.2) is 36.7 Å². The van der Waals surface area contributed by atoms with E-state index in [4.69, 9.17) is 0 Å². The van der Waals surface area contributed by atoms with Gasteiger partial charge in [0.2, 0.25) is 0 Å². The van der Waals surface area contributed by atoms with Crippen LogP contribution in [-0.2, 0) is 17.8 Å². The molecule has 3 nitrogen and oxygen atoms in total. The molecule has 0 bridgehead atoms. The van der Waals surface area contributed by atoms with Gasteiger partial charge in [-0.1, -0.05) is 31.2 Å². The second-order valence-electron chi connectivity index (χ2n) is 4.57. The van der Waals surface area contributed by atoms with Crippen LogP contribution in [0.4, 0.5) is 0 Å². The third kappa shape index (κ3) is 3.06. The molecule has 0 spiro atoms. The topological polar surface area (TPSA) is 34.9 Å². The van der Waals surface area contributed by atoms with Gasteiger partial charge in [-0.2, -0.15) is 5.10 Å². The Morgan fingerprint density at radius 2 is 1.94 bits per heavy atom. The van der Waals surface area contributed by atoms with Crippen LogP contribution in [-0.4, -0.2) is 15.6 Å². The fourth-order valence-corrected chi connectivity index (χ4v) is 1.97. The van der Waals surface area contributed by atoms with Crippen LogP contribution in [0.1, 0.15) is 25.8 Å². The van der Waals surface area contributed by atoms with Crippen molar-refractivity contribution in [3.63, 3.8) is 0 Å². The molecule has 0 saturated carbocycles. The van der Waals surface area contributed by atoms with Crippen molar-refractivity contribution in [3.8, 4) is 11.1 Å². The van der Waals surface area contributed by atoms with Gasteiger partial charge in [0, 0.05) is 24.7 Å². The minimum absolute atomic E-state index is 0.193. The van der Waals surface area contributed by atoms with E-state index in [2.05, 4.69) is 18.2 Å². The van der Waals surface area contributed by atoms with Crippen molar-refractivity contribution in [2.24, 2.45) is 0 Å². The molecule has 0 aliphatic heterocycles. The summed E-state index contributed by atoms with van der Waals surface area (Å²) in [6.45, 7) is 4.70. The van der Waals surface area contributed by atoms with Crippen molar-refractivity contribution >= 4 is 5.78 Å². The Morgan fingerprint density at radius 3 is 2.56 bits per heavy atom. The molecule has 0 atom stereocenters. The number of rotatable bonds is 5. The Kier molecular flexibility index (Phi) is 3.92. The smallest absolute Gasteiger partial charge is 0.134 e. The number of nitrogens with zero attached hydrogens (tertiary/aromatic N) is 2. The number of carbonyl (C=O) groups excluding carboxylic acids is 1. The van der Waals surface area contributed by atoms with E-state index in [0.717, 1.165) is 29.7 Å². The average Bonchev–Trinajstić information content (AvgIpc) is 2.78. The molecule has 2 rings (SSSR count). The Labute approximate surface area is 107 Å². The molecule has 1 heterocycles. The van der Waals surface area contributed by atoms with Gasteiger partial charge >= 0.3 is 0 Å². The Hall–Kier alpha value is -1.90. The van der Waals surface area contributed by atoms with E-state index >= 15 is 0 Å². The first-order valence-electron chi connectivity index (χ1n) is 6.30. The maximum Gasteiger partial charge on any atom is 0.134 e. The van der Waals surface area contributed by atoms with Crippen molar-refractivity contribution in [1.29, 1.82) is 0 Å². The van der Waals surface area contributed by atoms with Gasteiger partial charge in [-0.3, -0.25) is 9.48 Å². The van der Waals surface area contributed by atoms with E-state index in [9.17, 15) is 4.79 Å². The molecule has 0 N–H and O–H groups in total. The summed E-state index contributed by atoms with van der Waals surface area (Å²) in [4.78, 5) is 11.0. The highest BCUT2D eigenvalue weighted by molar-refractivity contribution is 5.78. The number of ketones is 1. The first-order chi connectivity index (χ1) is 8.69. The monoisotopic (exact) mass is 242 g/mol. The van der Waals surface area contributed by atoms with Gasteiger partial charge in [0.05, 0.1) is 6.20 Å². The second kappa shape index (κ2) is 5.63. The van der Waals surface area contributed by atoms with Crippen LogP contribution < -0.4 is 0 Å². The lowest BCUT2D eigenvalue weighted by molar-refractivity contribution is -0.116. The molecule has 0 saturated heterocycles. The number of carbonyl (C=O) groups is 1. The van der Waals surface area contributed by atoms with Gasteiger partial charge in [-0.05, 0) is 24.5 Å². The summed E-state index contributed by atoms with van der Waals surface area (Å²) in [5, 5.41) is 4.32. The van der Waals surface area contributed by atoms with Crippen LogP contribution >= 0.6 is 0 Å². The molecule has 0 amide bonds. The van der Waals surface area contributed by atoms with Gasteiger partial charge in [-0.25, -0.2) is 0 Å². The predicted octanol–water partition coefficient (Wildman–Crippen LogP) is 3.09. The van der Waals surface area contributed by atoms with E-state index < -0.39 is 0 Å². The highest BCUT2D eigenvalue weighted by atomic mass is 16.1.